The summed E-state index contributed by atoms with van der Waals surface area (Å²) in [5.41, 5.74) is -0.359. The highest BCUT2D eigenvalue weighted by atomic mass is 16.6. The molecule has 1 heterocycles. The first-order chi connectivity index (χ1) is 6.44. The van der Waals surface area contributed by atoms with Gasteiger partial charge < -0.3 is 14.9 Å². The zero-order valence-corrected chi connectivity index (χ0v) is 9.23. The fraction of sp³-hybridized carbons (Fsp3) is 1.00. The molecule has 0 aliphatic carbocycles. The van der Waals surface area contributed by atoms with Gasteiger partial charge in [0, 0.05) is 12.6 Å². The predicted octanol–water partition coefficient (Wildman–Crippen LogP) is 0.534. The lowest BCUT2D eigenvalue weighted by Gasteiger charge is -2.32. The SMILES string of the molecule is CC(C)(C)OC(O)N1CCC[C@H]1CO. The second-order valence-corrected chi connectivity index (χ2v) is 4.77. The van der Waals surface area contributed by atoms with Gasteiger partial charge in [0.2, 0.25) is 6.41 Å². The van der Waals surface area contributed by atoms with E-state index in [0.29, 0.717) is 0 Å². The topological polar surface area (TPSA) is 52.9 Å². The minimum Gasteiger partial charge on any atom is -0.395 e. The molecule has 0 aromatic heterocycles. The summed E-state index contributed by atoms with van der Waals surface area (Å²) in [6.07, 6.45) is 1.05. The molecule has 0 saturated carbocycles. The van der Waals surface area contributed by atoms with E-state index in [0.717, 1.165) is 19.4 Å². The maximum Gasteiger partial charge on any atom is 0.216 e. The Morgan fingerprint density at radius 2 is 2.14 bits per heavy atom. The van der Waals surface area contributed by atoms with E-state index >= 15 is 0 Å². The van der Waals surface area contributed by atoms with Crippen LogP contribution in [0.25, 0.3) is 0 Å². The van der Waals surface area contributed by atoms with Crippen molar-refractivity contribution in [2.45, 2.75) is 51.7 Å². The highest BCUT2D eigenvalue weighted by Gasteiger charge is 2.31. The van der Waals surface area contributed by atoms with Crippen molar-refractivity contribution in [2.24, 2.45) is 0 Å². The quantitative estimate of drug-likeness (QED) is 0.657. The van der Waals surface area contributed by atoms with E-state index in [2.05, 4.69) is 0 Å². The minimum atomic E-state index is -0.894. The van der Waals surface area contributed by atoms with Crippen LogP contribution < -0.4 is 0 Å². The number of aliphatic hydroxyl groups is 2. The Labute approximate surface area is 85.5 Å². The van der Waals surface area contributed by atoms with Crippen molar-refractivity contribution in [2.75, 3.05) is 13.2 Å². The molecule has 1 aliphatic heterocycles. The van der Waals surface area contributed by atoms with E-state index in [4.69, 9.17) is 9.84 Å². The molecule has 0 radical (unpaired) electrons. The number of ether oxygens (including phenoxy) is 1. The standard InChI is InChI=1S/C10H21NO3/c1-10(2,3)14-9(13)11-6-4-5-8(11)7-12/h8-9,12-13H,4-7H2,1-3H3/t8-,9?/m0/s1. The molecular weight excluding hydrogens is 182 g/mol. The van der Waals surface area contributed by atoms with E-state index in [1.165, 1.54) is 0 Å². The molecule has 2 N–H and O–H groups in total. The molecule has 4 heteroatoms. The van der Waals surface area contributed by atoms with E-state index in [1.54, 1.807) is 0 Å². The molecule has 0 aromatic carbocycles. The van der Waals surface area contributed by atoms with Gasteiger partial charge in [0.05, 0.1) is 12.2 Å². The van der Waals surface area contributed by atoms with Crippen molar-refractivity contribution in [3.05, 3.63) is 0 Å². The van der Waals surface area contributed by atoms with Crippen LogP contribution in [0.3, 0.4) is 0 Å². The summed E-state index contributed by atoms with van der Waals surface area (Å²) < 4.78 is 5.42. The Hall–Kier alpha value is -0.160. The van der Waals surface area contributed by atoms with Crippen LogP contribution in [-0.4, -0.2) is 46.3 Å². The number of aliphatic hydroxyl groups excluding tert-OH is 2. The van der Waals surface area contributed by atoms with Crippen LogP contribution in [0.4, 0.5) is 0 Å². The van der Waals surface area contributed by atoms with Gasteiger partial charge >= 0.3 is 0 Å². The Morgan fingerprint density at radius 3 is 2.64 bits per heavy atom. The summed E-state index contributed by atoms with van der Waals surface area (Å²) in [5, 5.41) is 18.9. The van der Waals surface area contributed by atoms with Crippen LogP contribution in [0.5, 0.6) is 0 Å². The molecule has 84 valence electrons. The minimum absolute atomic E-state index is 0.0485. The van der Waals surface area contributed by atoms with Gasteiger partial charge in [0.25, 0.3) is 0 Å². The zero-order valence-electron chi connectivity index (χ0n) is 9.23. The summed E-state index contributed by atoms with van der Waals surface area (Å²) in [6.45, 7) is 6.59. The first-order valence-electron chi connectivity index (χ1n) is 5.16. The molecule has 1 rings (SSSR count). The van der Waals surface area contributed by atoms with Crippen molar-refractivity contribution in [1.82, 2.24) is 4.90 Å². The Balaban J connectivity index is 2.47. The van der Waals surface area contributed by atoms with E-state index in [-0.39, 0.29) is 18.2 Å². The van der Waals surface area contributed by atoms with Gasteiger partial charge in [0.15, 0.2) is 0 Å². The van der Waals surface area contributed by atoms with Crippen molar-refractivity contribution in [3.63, 3.8) is 0 Å². The molecule has 1 saturated heterocycles. The fourth-order valence-corrected chi connectivity index (χ4v) is 1.73. The highest BCUT2D eigenvalue weighted by molar-refractivity contribution is 4.78. The molecule has 2 atom stereocenters. The lowest BCUT2D eigenvalue weighted by Crippen LogP contribution is -2.45. The number of likely N-dealkylation sites (tertiary alicyclic amines) is 1. The third kappa shape index (κ3) is 3.20. The summed E-state index contributed by atoms with van der Waals surface area (Å²) in [7, 11) is 0. The summed E-state index contributed by atoms with van der Waals surface area (Å²) in [6, 6.07) is 0.0485. The van der Waals surface area contributed by atoms with E-state index < -0.39 is 6.41 Å². The average molecular weight is 203 g/mol. The van der Waals surface area contributed by atoms with Gasteiger partial charge in [-0.1, -0.05) is 0 Å². The second-order valence-electron chi connectivity index (χ2n) is 4.77. The maximum atomic E-state index is 9.78. The summed E-state index contributed by atoms with van der Waals surface area (Å²) in [5.74, 6) is 0. The third-order valence-electron chi connectivity index (χ3n) is 2.38. The number of hydrogen-bond acceptors (Lipinski definition) is 4. The first kappa shape index (κ1) is 11.9. The maximum absolute atomic E-state index is 9.78. The van der Waals surface area contributed by atoms with Crippen LogP contribution in [0, 0.1) is 0 Å². The molecule has 1 unspecified atom stereocenters. The van der Waals surface area contributed by atoms with Crippen molar-refractivity contribution < 1.29 is 14.9 Å². The Bertz CT molecular complexity index is 179. The number of nitrogens with zero attached hydrogens (tertiary/aromatic N) is 1. The zero-order chi connectivity index (χ0) is 10.8. The molecule has 4 nitrogen and oxygen atoms in total. The van der Waals surface area contributed by atoms with Gasteiger partial charge in [-0.05, 0) is 33.6 Å². The van der Waals surface area contributed by atoms with Crippen LogP contribution in [0.1, 0.15) is 33.6 Å². The lowest BCUT2D eigenvalue weighted by atomic mass is 10.2. The Morgan fingerprint density at radius 1 is 1.50 bits per heavy atom. The van der Waals surface area contributed by atoms with Crippen LogP contribution >= 0.6 is 0 Å². The monoisotopic (exact) mass is 203 g/mol. The fourth-order valence-electron chi connectivity index (χ4n) is 1.73. The van der Waals surface area contributed by atoms with Crippen LogP contribution in [0.15, 0.2) is 0 Å². The van der Waals surface area contributed by atoms with Crippen LogP contribution in [0.2, 0.25) is 0 Å². The molecular formula is C10H21NO3. The van der Waals surface area contributed by atoms with E-state index in [1.807, 2.05) is 25.7 Å². The van der Waals surface area contributed by atoms with Gasteiger partial charge in [-0.2, -0.15) is 0 Å². The molecule has 0 amide bonds. The van der Waals surface area contributed by atoms with Gasteiger partial charge in [-0.25, -0.2) is 4.90 Å². The normalized spacial score (nSPS) is 26.8. The van der Waals surface area contributed by atoms with Gasteiger partial charge in [0.1, 0.15) is 0 Å². The summed E-state index contributed by atoms with van der Waals surface area (Å²) in [4.78, 5) is 1.81. The van der Waals surface area contributed by atoms with Gasteiger partial charge in [-0.15, -0.1) is 0 Å². The first-order valence-corrected chi connectivity index (χ1v) is 5.16. The molecule has 0 bridgehead atoms. The molecule has 1 fully saturated rings. The number of hydrogen-bond donors (Lipinski definition) is 2. The lowest BCUT2D eigenvalue weighted by molar-refractivity contribution is -0.244. The van der Waals surface area contributed by atoms with Crippen molar-refractivity contribution >= 4 is 0 Å². The van der Waals surface area contributed by atoms with E-state index in [9.17, 15) is 5.11 Å². The largest absolute Gasteiger partial charge is 0.395 e. The smallest absolute Gasteiger partial charge is 0.216 e. The predicted molar refractivity (Wildman–Crippen MR) is 53.7 cm³/mol. The van der Waals surface area contributed by atoms with Gasteiger partial charge in [-0.3, -0.25) is 0 Å². The Kier molecular flexibility index (Phi) is 3.89. The molecule has 1 aliphatic rings. The third-order valence-corrected chi connectivity index (χ3v) is 2.38. The molecule has 0 spiro atoms. The summed E-state index contributed by atoms with van der Waals surface area (Å²) >= 11 is 0. The van der Waals surface area contributed by atoms with Crippen LogP contribution in [-0.2, 0) is 4.74 Å². The molecule has 14 heavy (non-hydrogen) atoms. The highest BCUT2D eigenvalue weighted by Crippen LogP contribution is 2.21. The van der Waals surface area contributed by atoms with Crippen molar-refractivity contribution in [1.29, 1.82) is 0 Å². The van der Waals surface area contributed by atoms with Crippen molar-refractivity contribution in [3.8, 4) is 0 Å². The number of rotatable bonds is 3. The average Bonchev–Trinajstić information content (AvgIpc) is 2.47. The molecule has 0 aromatic rings. The second kappa shape index (κ2) is 4.57.